The van der Waals surface area contributed by atoms with Gasteiger partial charge in [0.05, 0.1) is 17.0 Å². The summed E-state index contributed by atoms with van der Waals surface area (Å²) in [5.41, 5.74) is 3.89. The molecule has 0 fully saturated rings. The van der Waals surface area contributed by atoms with Crippen LogP contribution in [0.5, 0.6) is 5.75 Å². The highest BCUT2D eigenvalue weighted by atomic mass is 16.3. The Bertz CT molecular complexity index is 495. The molecule has 14 heavy (non-hydrogen) atoms. The van der Waals surface area contributed by atoms with Crippen LogP contribution in [0.4, 0.5) is 5.69 Å². The fraction of sp³-hybridized carbons (Fsp3) is 0.0833. The van der Waals surface area contributed by atoms with Gasteiger partial charge in [-0.3, -0.25) is 4.99 Å². The van der Waals surface area contributed by atoms with Gasteiger partial charge in [-0.25, -0.2) is 0 Å². The first-order valence-corrected chi connectivity index (χ1v) is 4.63. The normalized spacial score (nSPS) is 17.1. The van der Waals surface area contributed by atoms with Gasteiger partial charge in [0.15, 0.2) is 0 Å². The van der Waals surface area contributed by atoms with Crippen LogP contribution >= 0.6 is 0 Å². The molecule has 0 radical (unpaired) electrons. The summed E-state index contributed by atoms with van der Waals surface area (Å²) in [6, 6.07) is 5.46. The van der Waals surface area contributed by atoms with Crippen LogP contribution in [0, 0.1) is 0 Å². The van der Waals surface area contributed by atoms with E-state index in [4.69, 9.17) is 0 Å². The minimum Gasteiger partial charge on any atom is -0.507 e. The lowest BCUT2D eigenvalue weighted by Gasteiger charge is -2.06. The summed E-state index contributed by atoms with van der Waals surface area (Å²) in [4.78, 5) is 4.47. The fourth-order valence-electron chi connectivity index (χ4n) is 1.93. The summed E-state index contributed by atoms with van der Waals surface area (Å²) in [5, 5.41) is 9.73. The summed E-state index contributed by atoms with van der Waals surface area (Å²) < 4.78 is 0. The van der Waals surface area contributed by atoms with Crippen molar-refractivity contribution in [3.63, 3.8) is 0 Å². The average molecular weight is 183 g/mol. The van der Waals surface area contributed by atoms with Crippen molar-refractivity contribution in [3.8, 4) is 5.75 Å². The monoisotopic (exact) mass is 183 g/mol. The predicted octanol–water partition coefficient (Wildman–Crippen LogP) is 2.82. The Balaban J connectivity index is 2.29. The van der Waals surface area contributed by atoms with Crippen molar-refractivity contribution in [1.29, 1.82) is 0 Å². The van der Waals surface area contributed by atoms with E-state index >= 15 is 0 Å². The maximum atomic E-state index is 9.73. The molecule has 1 aromatic carbocycles. The number of fused-ring (bicyclic) bond motifs is 3. The second-order valence-electron chi connectivity index (χ2n) is 3.44. The molecule has 1 heterocycles. The molecule has 2 aliphatic rings. The predicted molar refractivity (Wildman–Crippen MR) is 56.9 cm³/mol. The van der Waals surface area contributed by atoms with Gasteiger partial charge in [0, 0.05) is 12.0 Å². The molecule has 0 amide bonds. The van der Waals surface area contributed by atoms with E-state index in [2.05, 4.69) is 11.1 Å². The number of allylic oxidation sites excluding steroid dienone is 4. The smallest absolute Gasteiger partial charge is 0.125 e. The first-order chi connectivity index (χ1) is 6.86. The number of hydrogen-bond acceptors (Lipinski definition) is 2. The van der Waals surface area contributed by atoms with Crippen LogP contribution in [0.15, 0.2) is 41.4 Å². The Labute approximate surface area is 81.9 Å². The molecule has 3 rings (SSSR count). The summed E-state index contributed by atoms with van der Waals surface area (Å²) in [5.74, 6) is 0.322. The standard InChI is InChI=1S/C12H9NO/c14-11-7-3-6-10-12(11)8-4-1-2-5-9(8)13-10/h1-4,6-7,14H,5H2. The number of rotatable bonds is 0. The lowest BCUT2D eigenvalue weighted by Crippen LogP contribution is -1.98. The van der Waals surface area contributed by atoms with Crippen LogP contribution in [0.25, 0.3) is 5.57 Å². The third-order valence-electron chi connectivity index (χ3n) is 2.57. The van der Waals surface area contributed by atoms with Crippen LogP contribution < -0.4 is 0 Å². The summed E-state index contributed by atoms with van der Waals surface area (Å²) in [7, 11) is 0. The second-order valence-corrected chi connectivity index (χ2v) is 3.44. The van der Waals surface area contributed by atoms with E-state index in [1.54, 1.807) is 6.07 Å². The first kappa shape index (κ1) is 7.56. The third-order valence-corrected chi connectivity index (χ3v) is 2.57. The van der Waals surface area contributed by atoms with Gasteiger partial charge < -0.3 is 5.11 Å². The molecule has 0 atom stereocenters. The molecule has 0 unspecified atom stereocenters. The fourth-order valence-corrected chi connectivity index (χ4v) is 1.93. The minimum absolute atomic E-state index is 0.322. The van der Waals surface area contributed by atoms with E-state index in [0.717, 1.165) is 29.0 Å². The highest BCUT2D eigenvalue weighted by Crippen LogP contribution is 2.42. The van der Waals surface area contributed by atoms with Crippen molar-refractivity contribution >= 4 is 17.0 Å². The van der Waals surface area contributed by atoms with Gasteiger partial charge in [0.1, 0.15) is 5.75 Å². The Morgan fingerprint density at radius 3 is 3.14 bits per heavy atom. The van der Waals surface area contributed by atoms with Crippen LogP contribution in [0.1, 0.15) is 12.0 Å². The lowest BCUT2D eigenvalue weighted by atomic mass is 9.97. The number of aliphatic imine (C=N–C) groups is 1. The van der Waals surface area contributed by atoms with E-state index < -0.39 is 0 Å². The molecule has 0 saturated heterocycles. The Hall–Kier alpha value is -1.83. The van der Waals surface area contributed by atoms with E-state index in [9.17, 15) is 5.11 Å². The molecule has 0 spiro atoms. The largest absolute Gasteiger partial charge is 0.507 e. The maximum Gasteiger partial charge on any atom is 0.125 e. The topological polar surface area (TPSA) is 32.6 Å². The average Bonchev–Trinajstić information content (AvgIpc) is 2.57. The van der Waals surface area contributed by atoms with Crippen molar-refractivity contribution in [2.24, 2.45) is 4.99 Å². The maximum absolute atomic E-state index is 9.73. The Kier molecular flexibility index (Phi) is 1.39. The molecule has 2 nitrogen and oxygen atoms in total. The zero-order chi connectivity index (χ0) is 9.54. The minimum atomic E-state index is 0.322. The summed E-state index contributed by atoms with van der Waals surface area (Å²) >= 11 is 0. The quantitative estimate of drug-likeness (QED) is 0.659. The molecule has 1 aromatic rings. The molecule has 0 aromatic heterocycles. The molecule has 1 aliphatic heterocycles. The van der Waals surface area contributed by atoms with E-state index in [0.29, 0.717) is 5.75 Å². The summed E-state index contributed by atoms with van der Waals surface area (Å²) in [6.45, 7) is 0. The van der Waals surface area contributed by atoms with E-state index in [-0.39, 0.29) is 0 Å². The molecule has 0 bridgehead atoms. The molecule has 2 heteroatoms. The SMILES string of the molecule is Oc1cccc2c1C1=CC=CCC1=N2. The van der Waals surface area contributed by atoms with Crippen molar-refractivity contribution in [1.82, 2.24) is 0 Å². The number of phenolic OH excluding ortho intramolecular Hbond substituents is 1. The Morgan fingerprint density at radius 1 is 1.29 bits per heavy atom. The first-order valence-electron chi connectivity index (χ1n) is 4.63. The number of nitrogens with zero attached hydrogens (tertiary/aromatic N) is 1. The molecule has 1 N–H and O–H groups in total. The van der Waals surface area contributed by atoms with Crippen LogP contribution in [-0.2, 0) is 0 Å². The van der Waals surface area contributed by atoms with Gasteiger partial charge in [0.25, 0.3) is 0 Å². The van der Waals surface area contributed by atoms with E-state index in [1.807, 2.05) is 24.3 Å². The van der Waals surface area contributed by atoms with E-state index in [1.165, 1.54) is 0 Å². The molecular weight excluding hydrogens is 174 g/mol. The lowest BCUT2D eigenvalue weighted by molar-refractivity contribution is 0.474. The van der Waals surface area contributed by atoms with Gasteiger partial charge >= 0.3 is 0 Å². The van der Waals surface area contributed by atoms with Crippen molar-refractivity contribution in [3.05, 3.63) is 42.0 Å². The number of benzene rings is 1. The van der Waals surface area contributed by atoms with Crippen molar-refractivity contribution < 1.29 is 5.11 Å². The molecule has 68 valence electrons. The highest BCUT2D eigenvalue weighted by Gasteiger charge is 2.23. The number of aromatic hydroxyl groups is 1. The van der Waals surface area contributed by atoms with Crippen LogP contribution in [0.2, 0.25) is 0 Å². The number of phenols is 1. The number of hydrogen-bond donors (Lipinski definition) is 1. The molecule has 1 aliphatic carbocycles. The van der Waals surface area contributed by atoms with Gasteiger partial charge in [-0.15, -0.1) is 0 Å². The van der Waals surface area contributed by atoms with Crippen molar-refractivity contribution in [2.75, 3.05) is 0 Å². The van der Waals surface area contributed by atoms with Crippen LogP contribution in [-0.4, -0.2) is 10.8 Å². The second kappa shape index (κ2) is 2.58. The van der Waals surface area contributed by atoms with Gasteiger partial charge in [-0.2, -0.15) is 0 Å². The zero-order valence-corrected chi connectivity index (χ0v) is 7.57. The Morgan fingerprint density at radius 2 is 2.21 bits per heavy atom. The molecule has 0 saturated carbocycles. The van der Waals surface area contributed by atoms with Crippen LogP contribution in [0.3, 0.4) is 0 Å². The van der Waals surface area contributed by atoms with Gasteiger partial charge in [-0.1, -0.05) is 24.3 Å². The third kappa shape index (κ3) is 0.880. The summed E-state index contributed by atoms with van der Waals surface area (Å²) in [6.07, 6.45) is 6.95. The molecular formula is C12H9NO. The van der Waals surface area contributed by atoms with Crippen molar-refractivity contribution in [2.45, 2.75) is 6.42 Å². The zero-order valence-electron chi connectivity index (χ0n) is 7.57. The van der Waals surface area contributed by atoms with Gasteiger partial charge in [0.2, 0.25) is 0 Å². The highest BCUT2D eigenvalue weighted by molar-refractivity contribution is 6.30. The van der Waals surface area contributed by atoms with Gasteiger partial charge in [-0.05, 0) is 12.1 Å².